The van der Waals surface area contributed by atoms with Gasteiger partial charge in [0.15, 0.2) is 30.5 Å². The van der Waals surface area contributed by atoms with Crippen molar-refractivity contribution in [1.29, 1.82) is 0 Å². The van der Waals surface area contributed by atoms with Gasteiger partial charge in [0.2, 0.25) is 12.1 Å². The third-order valence-corrected chi connectivity index (χ3v) is 7.73. The number of rotatable bonds is 19. The van der Waals surface area contributed by atoms with Crippen LogP contribution in [0.2, 0.25) is 0 Å². The molecule has 2 aliphatic rings. The lowest BCUT2D eigenvalue weighted by atomic mass is 9.97. The SMILES string of the molecule is CCC(=O)OC[C@H]1O[C@@](COC(=O)CC)(O[C@H]2O[C@H](CO)[C@@H](OC(=O)CC)[C@H](OC(=O)CC)[C@H]2OC(=O)CC)[C@@H](OC(=O)CC)[C@@H]1OC(=O)CC. The summed E-state index contributed by atoms with van der Waals surface area (Å²) in [6.07, 6.45) is -13.9. The zero-order valence-electron chi connectivity index (χ0n) is 30.1. The van der Waals surface area contributed by atoms with Gasteiger partial charge in [-0.15, -0.1) is 0 Å². The number of ether oxygens (including phenoxy) is 10. The molecule has 2 saturated heterocycles. The van der Waals surface area contributed by atoms with E-state index in [4.69, 9.17) is 47.4 Å². The van der Waals surface area contributed by atoms with Gasteiger partial charge in [0, 0.05) is 44.9 Å². The van der Waals surface area contributed by atoms with Crippen molar-refractivity contribution in [2.45, 2.75) is 148 Å². The topological polar surface area (TPSA) is 232 Å². The van der Waals surface area contributed by atoms with E-state index in [0.717, 1.165) is 0 Å². The fourth-order valence-electron chi connectivity index (χ4n) is 4.95. The van der Waals surface area contributed by atoms with Gasteiger partial charge in [-0.3, -0.25) is 33.6 Å². The highest BCUT2D eigenvalue weighted by Crippen LogP contribution is 2.41. The molecule has 0 bridgehead atoms. The van der Waals surface area contributed by atoms with Gasteiger partial charge in [0.05, 0.1) is 6.61 Å². The summed E-state index contributed by atoms with van der Waals surface area (Å²) in [7, 11) is 0. The molecule has 0 aliphatic carbocycles. The molecule has 0 saturated carbocycles. The van der Waals surface area contributed by atoms with E-state index >= 15 is 0 Å². The average Bonchev–Trinajstić information content (AvgIpc) is 3.41. The first-order valence-electron chi connectivity index (χ1n) is 17.2. The number of carbonyl (C=O) groups excluding carboxylic acids is 7. The van der Waals surface area contributed by atoms with E-state index in [1.165, 1.54) is 41.5 Å². The first-order valence-corrected chi connectivity index (χ1v) is 17.2. The van der Waals surface area contributed by atoms with Gasteiger partial charge < -0.3 is 52.5 Å². The van der Waals surface area contributed by atoms with Gasteiger partial charge in [-0.25, -0.2) is 0 Å². The maximum Gasteiger partial charge on any atom is 0.306 e. The molecular formula is C33H50O18. The molecule has 0 amide bonds. The summed E-state index contributed by atoms with van der Waals surface area (Å²) in [5, 5.41) is 10.4. The van der Waals surface area contributed by atoms with E-state index < -0.39 is 116 Å². The van der Waals surface area contributed by atoms with Gasteiger partial charge in [-0.1, -0.05) is 48.5 Å². The van der Waals surface area contributed by atoms with Gasteiger partial charge >= 0.3 is 41.8 Å². The third kappa shape index (κ3) is 11.8. The number of hydrogen-bond acceptors (Lipinski definition) is 18. The smallest absolute Gasteiger partial charge is 0.306 e. The molecule has 290 valence electrons. The maximum atomic E-state index is 12.9. The lowest BCUT2D eigenvalue weighted by Crippen LogP contribution is -2.65. The zero-order valence-corrected chi connectivity index (χ0v) is 30.1. The van der Waals surface area contributed by atoms with Gasteiger partial charge in [-0.2, -0.15) is 0 Å². The van der Waals surface area contributed by atoms with Crippen molar-refractivity contribution in [2.75, 3.05) is 19.8 Å². The first-order chi connectivity index (χ1) is 24.3. The fourth-order valence-corrected chi connectivity index (χ4v) is 4.95. The normalized spacial score (nSPS) is 28.5. The average molecular weight is 735 g/mol. The number of aliphatic hydroxyl groups is 1. The van der Waals surface area contributed by atoms with Crippen LogP contribution in [0.25, 0.3) is 0 Å². The van der Waals surface area contributed by atoms with Crippen molar-refractivity contribution in [2.24, 2.45) is 0 Å². The molecule has 18 heteroatoms. The van der Waals surface area contributed by atoms with E-state index in [1.807, 2.05) is 0 Å². The minimum atomic E-state index is -2.45. The number of carbonyl (C=O) groups is 7. The maximum absolute atomic E-state index is 12.9. The van der Waals surface area contributed by atoms with Crippen LogP contribution in [-0.4, -0.2) is 122 Å². The molecule has 2 fully saturated rings. The standard InChI is InChI=1S/C33H50O18/c1-8-20(35)42-16-19-28(46-23(38)11-4)31(49-26(41)14-7)33(50-19,17-43-21(36)9-2)51-32-30(48-25(40)13-6)29(47-24(39)12-5)27(18(15-34)44-32)45-22(37)10-3/h18-19,27-32,34H,8-17H2,1-7H3/t18-,19-,27-,28-,29+,30-,31+,32-,33+/m1/s1. The Labute approximate surface area is 295 Å². The van der Waals surface area contributed by atoms with E-state index in [9.17, 15) is 38.7 Å². The number of esters is 7. The van der Waals surface area contributed by atoms with Crippen molar-refractivity contribution in [1.82, 2.24) is 0 Å². The quantitative estimate of drug-likeness (QED) is 0.146. The molecule has 0 aromatic carbocycles. The summed E-state index contributed by atoms with van der Waals surface area (Å²) < 4.78 is 57.5. The van der Waals surface area contributed by atoms with E-state index in [0.29, 0.717) is 0 Å². The monoisotopic (exact) mass is 734 g/mol. The summed E-state index contributed by atoms with van der Waals surface area (Å²) in [6, 6.07) is 0. The van der Waals surface area contributed by atoms with Crippen molar-refractivity contribution in [3.05, 3.63) is 0 Å². The van der Waals surface area contributed by atoms with E-state index in [2.05, 4.69) is 0 Å². The molecule has 0 radical (unpaired) electrons. The Bertz CT molecular complexity index is 1220. The Balaban J connectivity index is 2.84. The molecule has 2 aliphatic heterocycles. The van der Waals surface area contributed by atoms with Crippen LogP contribution in [0.5, 0.6) is 0 Å². The molecule has 18 nitrogen and oxygen atoms in total. The van der Waals surface area contributed by atoms with Crippen LogP contribution < -0.4 is 0 Å². The molecule has 9 atom stereocenters. The summed E-state index contributed by atoms with van der Waals surface area (Å²) in [4.78, 5) is 88.2. The van der Waals surface area contributed by atoms with Crippen LogP contribution in [0.15, 0.2) is 0 Å². The van der Waals surface area contributed by atoms with E-state index in [-0.39, 0.29) is 44.9 Å². The van der Waals surface area contributed by atoms with Crippen LogP contribution in [0.4, 0.5) is 0 Å². The Morgan fingerprint density at radius 1 is 0.529 bits per heavy atom. The number of hydrogen-bond donors (Lipinski definition) is 1. The minimum absolute atomic E-state index is 0.0271. The molecular weight excluding hydrogens is 684 g/mol. The second-order valence-corrected chi connectivity index (χ2v) is 11.4. The van der Waals surface area contributed by atoms with Gasteiger partial charge in [0.1, 0.15) is 25.4 Å². The molecule has 0 aromatic rings. The summed E-state index contributed by atoms with van der Waals surface area (Å²) in [5.41, 5.74) is 0. The Hall–Kier alpha value is -3.87. The molecule has 0 spiro atoms. The van der Waals surface area contributed by atoms with Crippen LogP contribution in [0, 0.1) is 0 Å². The zero-order chi connectivity index (χ0) is 38.3. The van der Waals surface area contributed by atoms with Crippen LogP contribution in [0.3, 0.4) is 0 Å². The second kappa shape index (κ2) is 20.8. The number of aliphatic hydroxyl groups excluding tert-OH is 1. The summed E-state index contributed by atoms with van der Waals surface area (Å²) >= 11 is 0. The molecule has 1 N–H and O–H groups in total. The molecule has 2 rings (SSSR count). The minimum Gasteiger partial charge on any atom is -0.463 e. The van der Waals surface area contributed by atoms with Gasteiger partial charge in [0.25, 0.3) is 0 Å². The van der Waals surface area contributed by atoms with Crippen molar-refractivity contribution < 1.29 is 86.0 Å². The van der Waals surface area contributed by atoms with Crippen LogP contribution in [0.1, 0.15) is 93.4 Å². The lowest BCUT2D eigenvalue weighted by Gasteiger charge is -2.46. The Morgan fingerprint density at radius 3 is 1.45 bits per heavy atom. The highest BCUT2D eigenvalue weighted by molar-refractivity contribution is 5.72. The molecule has 2 heterocycles. The summed E-state index contributed by atoms with van der Waals surface area (Å²) in [5.74, 6) is -7.90. The lowest BCUT2D eigenvalue weighted by molar-refractivity contribution is -0.384. The molecule has 51 heavy (non-hydrogen) atoms. The van der Waals surface area contributed by atoms with Crippen molar-refractivity contribution in [3.8, 4) is 0 Å². The van der Waals surface area contributed by atoms with Crippen LogP contribution in [-0.2, 0) is 80.9 Å². The Morgan fingerprint density at radius 2 is 0.961 bits per heavy atom. The highest BCUT2D eigenvalue weighted by Gasteiger charge is 2.65. The predicted octanol–water partition coefficient (Wildman–Crippen LogP) is 1.33. The van der Waals surface area contributed by atoms with E-state index in [1.54, 1.807) is 6.92 Å². The predicted molar refractivity (Wildman–Crippen MR) is 168 cm³/mol. The molecule has 0 aromatic heterocycles. The second-order valence-electron chi connectivity index (χ2n) is 11.4. The first kappa shape index (κ1) is 43.3. The fraction of sp³-hybridized carbons (Fsp3) is 0.788. The molecule has 0 unspecified atom stereocenters. The van der Waals surface area contributed by atoms with Crippen molar-refractivity contribution >= 4 is 41.8 Å². The van der Waals surface area contributed by atoms with Gasteiger partial charge in [-0.05, 0) is 0 Å². The highest BCUT2D eigenvalue weighted by atomic mass is 16.8. The Kier molecular flexibility index (Phi) is 17.7. The third-order valence-electron chi connectivity index (χ3n) is 7.73. The summed E-state index contributed by atoms with van der Waals surface area (Å²) in [6.45, 7) is 8.23. The largest absolute Gasteiger partial charge is 0.463 e. The van der Waals surface area contributed by atoms with Crippen LogP contribution >= 0.6 is 0 Å². The van der Waals surface area contributed by atoms with Crippen molar-refractivity contribution in [3.63, 3.8) is 0 Å².